The molecule has 0 spiro atoms. The molecule has 0 saturated carbocycles. The molecule has 0 bridgehead atoms. The Morgan fingerprint density at radius 2 is 1.71 bits per heavy atom. The van der Waals surface area contributed by atoms with Gasteiger partial charge in [0.25, 0.3) is 0 Å². The molecule has 3 aromatic rings. The molecule has 4 rings (SSSR count). The summed E-state index contributed by atoms with van der Waals surface area (Å²) in [6, 6.07) is 23.0. The van der Waals surface area contributed by atoms with Crippen LogP contribution >= 0.6 is 0 Å². The van der Waals surface area contributed by atoms with E-state index in [0.717, 1.165) is 23.6 Å². The van der Waals surface area contributed by atoms with Crippen molar-refractivity contribution in [2.75, 3.05) is 30.6 Å². The second-order valence-corrected chi connectivity index (χ2v) is 14.3. The number of nitrogens with zero attached hydrogens (tertiary/aromatic N) is 2. The number of hydrogen-bond donors (Lipinski definition) is 0. The Balaban J connectivity index is 1.82. The molecule has 6 heteroatoms. The van der Waals surface area contributed by atoms with Gasteiger partial charge in [0, 0.05) is 30.5 Å². The number of anilines is 2. The fourth-order valence-electron chi connectivity index (χ4n) is 4.64. The van der Waals surface area contributed by atoms with Crippen LogP contribution in [0.3, 0.4) is 0 Å². The molecule has 0 saturated heterocycles. The van der Waals surface area contributed by atoms with Crippen molar-refractivity contribution in [3.63, 3.8) is 0 Å². The average Bonchev–Trinajstić information content (AvgIpc) is 3.37. The highest BCUT2D eigenvalue weighted by Gasteiger charge is 2.39. The largest absolute Gasteiger partial charge is 0.497 e. The predicted molar refractivity (Wildman–Crippen MR) is 142 cm³/mol. The van der Waals surface area contributed by atoms with Crippen LogP contribution in [-0.4, -0.2) is 35.1 Å². The van der Waals surface area contributed by atoms with Crippen molar-refractivity contribution in [1.29, 1.82) is 0 Å². The van der Waals surface area contributed by atoms with Crippen molar-refractivity contribution in [3.8, 4) is 5.75 Å². The third-order valence-electron chi connectivity index (χ3n) is 6.48. The lowest BCUT2D eigenvalue weighted by Gasteiger charge is -2.46. The predicted octanol–water partition coefficient (Wildman–Crippen LogP) is 6.87. The molecule has 0 radical (unpaired) electrons. The number of benzene rings is 2. The third-order valence-corrected chi connectivity index (χ3v) is 7.51. The maximum absolute atomic E-state index is 6.52. The van der Waals surface area contributed by atoms with Gasteiger partial charge in [0.15, 0.2) is 8.32 Å². The normalized spacial score (nSPS) is 18.8. The molecule has 2 heterocycles. The Morgan fingerprint density at radius 1 is 1.00 bits per heavy atom. The smallest absolute Gasteiger partial charge is 0.183 e. The SMILES string of the molecule is COc1ccc(N2[C@H](CO[Si](C)(C)C)C(C)=C(N(C)c3ccccc3)C[C@@H]2c2ccco2)cc1. The van der Waals surface area contributed by atoms with Gasteiger partial charge in [-0.3, -0.25) is 0 Å². The first kappa shape index (κ1) is 24.2. The molecule has 0 amide bonds. The summed E-state index contributed by atoms with van der Waals surface area (Å²) in [6.45, 7) is 9.62. The van der Waals surface area contributed by atoms with Crippen molar-refractivity contribution in [1.82, 2.24) is 0 Å². The van der Waals surface area contributed by atoms with Crippen LogP contribution in [0.4, 0.5) is 11.4 Å². The van der Waals surface area contributed by atoms with E-state index in [1.54, 1.807) is 13.4 Å². The maximum Gasteiger partial charge on any atom is 0.183 e. The summed E-state index contributed by atoms with van der Waals surface area (Å²) in [5.74, 6) is 1.81. The Morgan fingerprint density at radius 3 is 2.29 bits per heavy atom. The summed E-state index contributed by atoms with van der Waals surface area (Å²) in [4.78, 5) is 4.79. The van der Waals surface area contributed by atoms with Crippen LogP contribution in [0.5, 0.6) is 5.75 Å². The van der Waals surface area contributed by atoms with Gasteiger partial charge in [0.05, 0.1) is 32.1 Å². The second kappa shape index (κ2) is 10.1. The molecule has 180 valence electrons. The van der Waals surface area contributed by atoms with E-state index in [1.807, 2.05) is 18.2 Å². The highest BCUT2D eigenvalue weighted by Crippen LogP contribution is 2.43. The molecule has 0 fully saturated rings. The second-order valence-electron chi connectivity index (χ2n) is 9.80. The lowest BCUT2D eigenvalue weighted by atomic mass is 9.90. The van der Waals surface area contributed by atoms with Crippen LogP contribution in [0, 0.1) is 0 Å². The van der Waals surface area contributed by atoms with Gasteiger partial charge in [-0.15, -0.1) is 0 Å². The summed E-state index contributed by atoms with van der Waals surface area (Å²) in [7, 11) is 2.13. The van der Waals surface area contributed by atoms with Gasteiger partial charge in [0.2, 0.25) is 0 Å². The van der Waals surface area contributed by atoms with E-state index < -0.39 is 8.32 Å². The van der Waals surface area contributed by atoms with Crippen LogP contribution < -0.4 is 14.5 Å². The number of methoxy groups -OCH3 is 1. The summed E-state index contributed by atoms with van der Waals surface area (Å²) < 4.78 is 17.9. The van der Waals surface area contributed by atoms with Crippen molar-refractivity contribution < 1.29 is 13.6 Å². The molecular formula is C28H36N2O3Si. The number of ether oxygens (including phenoxy) is 1. The highest BCUT2D eigenvalue weighted by atomic mass is 28.4. The molecule has 0 unspecified atom stereocenters. The van der Waals surface area contributed by atoms with E-state index in [-0.39, 0.29) is 12.1 Å². The fourth-order valence-corrected chi connectivity index (χ4v) is 5.29. The summed E-state index contributed by atoms with van der Waals surface area (Å²) in [5.41, 5.74) is 4.94. The number of para-hydroxylation sites is 1. The van der Waals surface area contributed by atoms with Gasteiger partial charge in [-0.2, -0.15) is 0 Å². The van der Waals surface area contributed by atoms with Crippen molar-refractivity contribution >= 4 is 19.7 Å². The Bertz CT molecular complexity index is 1090. The van der Waals surface area contributed by atoms with E-state index >= 15 is 0 Å². The zero-order chi connectivity index (χ0) is 24.3. The lowest BCUT2D eigenvalue weighted by Crippen LogP contribution is -2.49. The lowest BCUT2D eigenvalue weighted by molar-refractivity contribution is 0.270. The Labute approximate surface area is 204 Å². The monoisotopic (exact) mass is 476 g/mol. The van der Waals surface area contributed by atoms with Crippen LogP contribution in [0.25, 0.3) is 0 Å². The highest BCUT2D eigenvalue weighted by molar-refractivity contribution is 6.69. The number of rotatable bonds is 8. The van der Waals surface area contributed by atoms with Gasteiger partial charge in [-0.25, -0.2) is 0 Å². The first-order valence-corrected chi connectivity index (χ1v) is 15.3. The van der Waals surface area contributed by atoms with Gasteiger partial charge in [-0.05, 0) is 80.7 Å². The van der Waals surface area contributed by atoms with Crippen LogP contribution in [-0.2, 0) is 4.43 Å². The molecule has 34 heavy (non-hydrogen) atoms. The average molecular weight is 477 g/mol. The van der Waals surface area contributed by atoms with Gasteiger partial charge in [0.1, 0.15) is 11.5 Å². The van der Waals surface area contributed by atoms with E-state index in [0.29, 0.717) is 6.61 Å². The number of furan rings is 1. The maximum atomic E-state index is 6.52. The van der Waals surface area contributed by atoms with Crippen molar-refractivity contribution in [2.24, 2.45) is 0 Å². The first-order chi connectivity index (χ1) is 16.3. The fraction of sp³-hybridized carbons (Fsp3) is 0.357. The Kier molecular flexibility index (Phi) is 7.19. The topological polar surface area (TPSA) is 38.1 Å². The molecule has 2 aromatic carbocycles. The summed E-state index contributed by atoms with van der Waals surface area (Å²) in [5, 5.41) is 0. The van der Waals surface area contributed by atoms with Crippen molar-refractivity contribution in [3.05, 3.63) is 90.0 Å². The first-order valence-electron chi connectivity index (χ1n) is 11.9. The minimum absolute atomic E-state index is 0.0449. The molecular weight excluding hydrogens is 440 g/mol. The molecule has 2 atom stereocenters. The molecule has 0 N–H and O–H groups in total. The quantitative estimate of drug-likeness (QED) is 0.332. The van der Waals surface area contributed by atoms with Crippen LogP contribution in [0.15, 0.2) is 88.7 Å². The summed E-state index contributed by atoms with van der Waals surface area (Å²) >= 11 is 0. The van der Waals surface area contributed by atoms with Gasteiger partial charge in [-0.1, -0.05) is 18.2 Å². The molecule has 0 aliphatic carbocycles. The van der Waals surface area contributed by atoms with E-state index in [4.69, 9.17) is 13.6 Å². The van der Waals surface area contributed by atoms with E-state index in [1.165, 1.54) is 17.0 Å². The zero-order valence-corrected chi connectivity index (χ0v) is 22.1. The van der Waals surface area contributed by atoms with Crippen LogP contribution in [0.1, 0.15) is 25.1 Å². The minimum Gasteiger partial charge on any atom is -0.497 e. The van der Waals surface area contributed by atoms with E-state index in [2.05, 4.69) is 91.9 Å². The third kappa shape index (κ3) is 5.23. The molecule has 1 aliphatic heterocycles. The molecule has 1 aliphatic rings. The molecule has 5 nitrogen and oxygen atoms in total. The summed E-state index contributed by atoms with van der Waals surface area (Å²) in [6.07, 6.45) is 2.60. The van der Waals surface area contributed by atoms with E-state index in [9.17, 15) is 0 Å². The Hall–Kier alpha value is -2.96. The minimum atomic E-state index is -1.72. The zero-order valence-electron chi connectivity index (χ0n) is 21.1. The van der Waals surface area contributed by atoms with Crippen molar-refractivity contribution in [2.45, 2.75) is 45.1 Å². The number of hydrogen-bond acceptors (Lipinski definition) is 5. The van der Waals surface area contributed by atoms with Crippen LogP contribution in [0.2, 0.25) is 19.6 Å². The molecule has 1 aromatic heterocycles. The van der Waals surface area contributed by atoms with Gasteiger partial charge >= 0.3 is 0 Å². The standard InChI is InChI=1S/C28H36N2O3Si/c1-21-25(29(2)22-11-8-7-9-12-22)19-26(28-13-10-18-32-28)30(27(21)20-33-34(4,5)6)23-14-16-24(31-3)17-15-23/h7-18,26-27H,19-20H2,1-6H3/t26-,27-/m1/s1. The van der Waals surface area contributed by atoms with Gasteiger partial charge < -0.3 is 23.4 Å².